The molecule has 7 heteroatoms. The predicted octanol–water partition coefficient (Wildman–Crippen LogP) is 4.05. The number of esters is 1. The molecule has 1 aromatic heterocycles. The molecule has 2 heterocycles. The smallest absolute Gasteiger partial charge is 0.337 e. The van der Waals surface area contributed by atoms with Crippen LogP contribution in [-0.2, 0) is 17.7 Å². The third-order valence-electron chi connectivity index (χ3n) is 4.85. The Morgan fingerprint density at radius 2 is 2.04 bits per heavy atom. The molecule has 0 fully saturated rings. The topological polar surface area (TPSA) is 62.4 Å². The SMILES string of the molecule is COC(=O)c1ccc2[nH]c3c(c2c1)CN(C(=O)c1ccc(F)cc1Br)CC3. The van der Waals surface area contributed by atoms with E-state index in [1.54, 1.807) is 17.0 Å². The summed E-state index contributed by atoms with van der Waals surface area (Å²) in [5.74, 6) is -0.955. The molecule has 4 rings (SSSR count). The Kier molecular flexibility index (Phi) is 4.47. The molecule has 0 radical (unpaired) electrons. The average molecular weight is 431 g/mol. The number of hydrogen-bond donors (Lipinski definition) is 1. The Bertz CT molecular complexity index is 1080. The number of methoxy groups -OCH3 is 1. The maximum Gasteiger partial charge on any atom is 0.337 e. The van der Waals surface area contributed by atoms with Crippen LogP contribution in [0.15, 0.2) is 40.9 Å². The highest BCUT2D eigenvalue weighted by Gasteiger charge is 2.26. The molecule has 2 aromatic carbocycles. The Hall–Kier alpha value is -2.67. The van der Waals surface area contributed by atoms with Crippen LogP contribution >= 0.6 is 15.9 Å². The molecular formula is C20H16BrFN2O3. The maximum absolute atomic E-state index is 13.3. The Labute approximate surface area is 163 Å². The van der Waals surface area contributed by atoms with Gasteiger partial charge in [-0.1, -0.05) is 0 Å². The maximum atomic E-state index is 13.3. The number of benzene rings is 2. The normalized spacial score (nSPS) is 13.5. The number of amides is 1. The summed E-state index contributed by atoms with van der Waals surface area (Å²) >= 11 is 3.27. The molecule has 0 saturated carbocycles. The van der Waals surface area contributed by atoms with E-state index in [0.717, 1.165) is 22.2 Å². The second-order valence-electron chi connectivity index (χ2n) is 6.43. The second kappa shape index (κ2) is 6.81. The molecule has 0 aliphatic carbocycles. The van der Waals surface area contributed by atoms with E-state index >= 15 is 0 Å². The highest BCUT2D eigenvalue weighted by molar-refractivity contribution is 9.10. The first-order chi connectivity index (χ1) is 13.0. The molecular weight excluding hydrogens is 415 g/mol. The quantitative estimate of drug-likeness (QED) is 0.623. The van der Waals surface area contributed by atoms with Crippen LogP contribution in [-0.4, -0.2) is 35.4 Å². The summed E-state index contributed by atoms with van der Waals surface area (Å²) in [6, 6.07) is 9.41. The number of rotatable bonds is 2. The third kappa shape index (κ3) is 3.12. The van der Waals surface area contributed by atoms with Gasteiger partial charge in [-0.3, -0.25) is 4.79 Å². The number of nitrogens with one attached hydrogen (secondary N) is 1. The van der Waals surface area contributed by atoms with E-state index in [9.17, 15) is 14.0 Å². The van der Waals surface area contributed by atoms with E-state index in [-0.39, 0.29) is 5.91 Å². The summed E-state index contributed by atoms with van der Waals surface area (Å²) in [6.45, 7) is 0.981. The van der Waals surface area contributed by atoms with Gasteiger partial charge in [0.15, 0.2) is 0 Å². The van der Waals surface area contributed by atoms with Crippen LogP contribution in [0.2, 0.25) is 0 Å². The number of aromatic amines is 1. The first-order valence-corrected chi connectivity index (χ1v) is 9.23. The number of aromatic nitrogens is 1. The van der Waals surface area contributed by atoms with Crippen molar-refractivity contribution >= 4 is 38.7 Å². The molecule has 1 aliphatic heterocycles. The van der Waals surface area contributed by atoms with Gasteiger partial charge in [-0.25, -0.2) is 9.18 Å². The molecule has 0 atom stereocenters. The summed E-state index contributed by atoms with van der Waals surface area (Å²) in [4.78, 5) is 29.9. The zero-order valence-corrected chi connectivity index (χ0v) is 16.1. The van der Waals surface area contributed by atoms with Crippen LogP contribution in [0.5, 0.6) is 0 Å². The molecule has 0 unspecified atom stereocenters. The van der Waals surface area contributed by atoms with Gasteiger partial charge in [0.25, 0.3) is 5.91 Å². The average Bonchev–Trinajstić information content (AvgIpc) is 3.04. The van der Waals surface area contributed by atoms with Crippen molar-refractivity contribution < 1.29 is 18.7 Å². The summed E-state index contributed by atoms with van der Waals surface area (Å²) in [7, 11) is 1.35. The molecule has 27 heavy (non-hydrogen) atoms. The van der Waals surface area contributed by atoms with Crippen molar-refractivity contribution in [2.45, 2.75) is 13.0 Å². The number of carbonyl (C=O) groups excluding carboxylic acids is 2. The van der Waals surface area contributed by atoms with Crippen LogP contribution in [0.25, 0.3) is 10.9 Å². The number of H-pyrrole nitrogens is 1. The molecule has 0 saturated heterocycles. The zero-order valence-electron chi connectivity index (χ0n) is 14.5. The number of hydrogen-bond acceptors (Lipinski definition) is 3. The predicted molar refractivity (Wildman–Crippen MR) is 102 cm³/mol. The molecule has 0 spiro atoms. The van der Waals surface area contributed by atoms with Crippen molar-refractivity contribution in [3.63, 3.8) is 0 Å². The van der Waals surface area contributed by atoms with Crippen molar-refractivity contribution in [2.24, 2.45) is 0 Å². The van der Waals surface area contributed by atoms with Gasteiger partial charge in [0.05, 0.1) is 18.2 Å². The fourth-order valence-electron chi connectivity index (χ4n) is 3.47. The first kappa shape index (κ1) is 17.7. The Morgan fingerprint density at radius 3 is 2.78 bits per heavy atom. The molecule has 1 aliphatic rings. The monoisotopic (exact) mass is 430 g/mol. The van der Waals surface area contributed by atoms with Crippen molar-refractivity contribution in [1.82, 2.24) is 9.88 Å². The third-order valence-corrected chi connectivity index (χ3v) is 5.50. The van der Waals surface area contributed by atoms with Crippen LogP contribution in [0.3, 0.4) is 0 Å². The van der Waals surface area contributed by atoms with Gasteiger partial charge in [-0.15, -0.1) is 0 Å². The van der Waals surface area contributed by atoms with Gasteiger partial charge >= 0.3 is 5.97 Å². The molecule has 5 nitrogen and oxygen atoms in total. The lowest BCUT2D eigenvalue weighted by Crippen LogP contribution is -2.36. The lowest BCUT2D eigenvalue weighted by Gasteiger charge is -2.27. The molecule has 1 N–H and O–H groups in total. The van der Waals surface area contributed by atoms with E-state index in [4.69, 9.17) is 4.74 Å². The van der Waals surface area contributed by atoms with Gasteiger partial charge < -0.3 is 14.6 Å². The minimum atomic E-state index is -0.397. The van der Waals surface area contributed by atoms with Gasteiger partial charge in [0.1, 0.15) is 5.82 Å². The van der Waals surface area contributed by atoms with Crippen molar-refractivity contribution in [3.8, 4) is 0 Å². The fraction of sp³-hybridized carbons (Fsp3) is 0.200. The lowest BCUT2D eigenvalue weighted by atomic mass is 10.0. The first-order valence-electron chi connectivity index (χ1n) is 8.44. The number of halogens is 2. The van der Waals surface area contributed by atoms with E-state index < -0.39 is 11.8 Å². The van der Waals surface area contributed by atoms with Crippen molar-refractivity contribution in [2.75, 3.05) is 13.7 Å². The Morgan fingerprint density at radius 1 is 1.22 bits per heavy atom. The number of fused-ring (bicyclic) bond motifs is 3. The van der Waals surface area contributed by atoms with E-state index in [1.165, 1.54) is 25.3 Å². The lowest BCUT2D eigenvalue weighted by molar-refractivity contribution is 0.0600. The standard InChI is InChI=1S/C20H16BrFN2O3/c1-27-20(26)11-2-5-17-14(8-11)15-10-24(7-6-18(15)23-17)19(25)13-4-3-12(22)9-16(13)21/h2-5,8-9,23H,6-7,10H2,1H3. The molecule has 3 aromatic rings. The molecule has 138 valence electrons. The van der Waals surface area contributed by atoms with E-state index in [1.807, 2.05) is 6.07 Å². The summed E-state index contributed by atoms with van der Waals surface area (Å²) in [6.07, 6.45) is 0.683. The largest absolute Gasteiger partial charge is 0.465 e. The van der Waals surface area contributed by atoms with E-state index in [2.05, 4.69) is 20.9 Å². The Balaban J connectivity index is 1.69. The number of nitrogens with zero attached hydrogens (tertiary/aromatic N) is 1. The minimum Gasteiger partial charge on any atom is -0.465 e. The summed E-state index contributed by atoms with van der Waals surface area (Å²) in [5.41, 5.74) is 3.87. The van der Waals surface area contributed by atoms with Crippen LogP contribution in [0.4, 0.5) is 4.39 Å². The van der Waals surface area contributed by atoms with Crippen molar-refractivity contribution in [1.29, 1.82) is 0 Å². The van der Waals surface area contributed by atoms with Gasteiger partial charge in [-0.2, -0.15) is 0 Å². The van der Waals surface area contributed by atoms with E-state index in [0.29, 0.717) is 35.1 Å². The summed E-state index contributed by atoms with van der Waals surface area (Å²) in [5, 5.41) is 0.906. The highest BCUT2D eigenvalue weighted by Crippen LogP contribution is 2.30. The number of carbonyl (C=O) groups is 2. The van der Waals surface area contributed by atoms with Crippen LogP contribution in [0.1, 0.15) is 32.0 Å². The molecule has 0 bridgehead atoms. The van der Waals surface area contributed by atoms with Gasteiger partial charge in [0.2, 0.25) is 0 Å². The van der Waals surface area contributed by atoms with Crippen molar-refractivity contribution in [3.05, 3.63) is 69.1 Å². The van der Waals surface area contributed by atoms with Crippen LogP contribution in [0, 0.1) is 5.82 Å². The summed E-state index contributed by atoms with van der Waals surface area (Å²) < 4.78 is 18.6. The van der Waals surface area contributed by atoms with Gasteiger partial charge in [0, 0.05) is 46.1 Å². The zero-order chi connectivity index (χ0) is 19.1. The highest BCUT2D eigenvalue weighted by atomic mass is 79.9. The number of ether oxygens (including phenoxy) is 1. The fourth-order valence-corrected chi connectivity index (χ4v) is 3.99. The molecule has 1 amide bonds. The minimum absolute atomic E-state index is 0.161. The van der Waals surface area contributed by atoms with Crippen LogP contribution < -0.4 is 0 Å². The second-order valence-corrected chi connectivity index (χ2v) is 7.29. The van der Waals surface area contributed by atoms with Gasteiger partial charge in [-0.05, 0) is 52.3 Å².